The van der Waals surface area contributed by atoms with Gasteiger partial charge in [0, 0.05) is 23.5 Å². The fourth-order valence-electron chi connectivity index (χ4n) is 3.88. The van der Waals surface area contributed by atoms with Gasteiger partial charge in [0.05, 0.1) is 11.9 Å². The number of carbonyl (C=O) groups excluding carboxylic acids is 1. The first kappa shape index (κ1) is 18.9. The van der Waals surface area contributed by atoms with E-state index < -0.39 is 6.10 Å². The Morgan fingerprint density at radius 3 is 2.55 bits per heavy atom. The van der Waals surface area contributed by atoms with Crippen molar-refractivity contribution in [2.24, 2.45) is 12.1 Å². The highest BCUT2D eigenvalue weighted by Gasteiger charge is 2.27. The van der Waals surface area contributed by atoms with Gasteiger partial charge in [0.1, 0.15) is 6.61 Å². The topological polar surface area (TPSA) is 64.9 Å². The van der Waals surface area contributed by atoms with Crippen LogP contribution in [0.5, 0.6) is 11.5 Å². The van der Waals surface area contributed by atoms with E-state index in [2.05, 4.69) is 39.4 Å². The van der Waals surface area contributed by atoms with Crippen LogP contribution in [0.25, 0.3) is 22.2 Å². The molecule has 1 aliphatic heterocycles. The molecule has 0 bridgehead atoms. The number of benzene rings is 3. The number of hydrazone groups is 1. The molecule has 1 aliphatic rings. The van der Waals surface area contributed by atoms with Crippen LogP contribution in [-0.4, -0.2) is 29.4 Å². The van der Waals surface area contributed by atoms with Crippen molar-refractivity contribution in [3.05, 3.63) is 84.4 Å². The highest BCUT2D eigenvalue weighted by molar-refractivity contribution is 6.06. The largest absolute Gasteiger partial charge is 0.485 e. The summed E-state index contributed by atoms with van der Waals surface area (Å²) < 4.78 is 13.5. The third kappa shape index (κ3) is 3.53. The lowest BCUT2D eigenvalue weighted by Crippen LogP contribution is -2.42. The first-order chi connectivity index (χ1) is 15.2. The molecule has 1 N–H and O–H groups in total. The molecular weight excluding hydrogens is 390 g/mol. The molecule has 31 heavy (non-hydrogen) atoms. The summed E-state index contributed by atoms with van der Waals surface area (Å²) in [4.78, 5) is 12.6. The molecule has 2 heterocycles. The van der Waals surface area contributed by atoms with E-state index in [0.29, 0.717) is 11.5 Å². The van der Waals surface area contributed by atoms with Gasteiger partial charge in [-0.05, 0) is 23.8 Å². The van der Waals surface area contributed by atoms with Crippen LogP contribution in [0, 0.1) is 0 Å². The second-order valence-electron chi connectivity index (χ2n) is 7.30. The number of aryl methyl sites for hydroxylation is 1. The molecule has 154 valence electrons. The van der Waals surface area contributed by atoms with Gasteiger partial charge in [0.2, 0.25) is 6.10 Å². The van der Waals surface area contributed by atoms with Crippen molar-refractivity contribution < 1.29 is 14.3 Å². The van der Waals surface area contributed by atoms with Crippen molar-refractivity contribution in [1.29, 1.82) is 0 Å². The van der Waals surface area contributed by atoms with Crippen LogP contribution < -0.4 is 14.9 Å². The number of nitrogens with one attached hydrogen (secondary N) is 1. The van der Waals surface area contributed by atoms with Crippen LogP contribution in [0.15, 0.2) is 84.0 Å². The van der Waals surface area contributed by atoms with Gasteiger partial charge in [0.15, 0.2) is 11.5 Å². The molecule has 1 atom stereocenters. The van der Waals surface area contributed by atoms with Gasteiger partial charge in [-0.25, -0.2) is 5.43 Å². The lowest BCUT2D eigenvalue weighted by molar-refractivity contribution is -0.130. The highest BCUT2D eigenvalue weighted by Crippen LogP contribution is 2.32. The maximum absolute atomic E-state index is 12.6. The van der Waals surface area contributed by atoms with Crippen LogP contribution in [0.4, 0.5) is 0 Å². The Hall–Kier alpha value is -4.06. The minimum absolute atomic E-state index is 0.141. The summed E-state index contributed by atoms with van der Waals surface area (Å²) >= 11 is 0. The molecule has 0 radical (unpaired) electrons. The first-order valence-electron chi connectivity index (χ1n) is 10.1. The number of rotatable bonds is 4. The second kappa shape index (κ2) is 7.99. The Morgan fingerprint density at radius 2 is 1.71 bits per heavy atom. The van der Waals surface area contributed by atoms with Crippen LogP contribution in [-0.2, 0) is 11.8 Å². The van der Waals surface area contributed by atoms with Gasteiger partial charge in [-0.2, -0.15) is 5.10 Å². The van der Waals surface area contributed by atoms with E-state index in [1.165, 1.54) is 0 Å². The van der Waals surface area contributed by atoms with Crippen molar-refractivity contribution in [1.82, 2.24) is 9.99 Å². The van der Waals surface area contributed by atoms with Crippen LogP contribution >= 0.6 is 0 Å². The van der Waals surface area contributed by atoms with Crippen molar-refractivity contribution >= 4 is 23.0 Å². The molecule has 3 aromatic carbocycles. The average Bonchev–Trinajstić information content (AvgIpc) is 3.11. The Bertz CT molecular complexity index is 1280. The normalized spacial score (nSPS) is 15.3. The lowest BCUT2D eigenvalue weighted by Gasteiger charge is -2.24. The van der Waals surface area contributed by atoms with E-state index in [0.717, 1.165) is 27.7 Å². The SMILES string of the molecule is Cn1c(-c2ccccc2)c(C=NNC(=O)C2COc3ccccc3O2)c2ccccc21. The van der Waals surface area contributed by atoms with Gasteiger partial charge >= 0.3 is 0 Å². The highest BCUT2D eigenvalue weighted by atomic mass is 16.6. The average molecular weight is 411 g/mol. The molecular formula is C25H21N3O3. The van der Waals surface area contributed by atoms with E-state index >= 15 is 0 Å². The van der Waals surface area contributed by atoms with E-state index in [1.54, 1.807) is 12.3 Å². The number of amides is 1. The third-order valence-electron chi connectivity index (χ3n) is 5.36. The van der Waals surface area contributed by atoms with Crippen LogP contribution in [0.3, 0.4) is 0 Å². The minimum atomic E-state index is -0.756. The molecule has 6 nitrogen and oxygen atoms in total. The van der Waals surface area contributed by atoms with Gasteiger partial charge in [0.25, 0.3) is 5.91 Å². The maximum atomic E-state index is 12.6. The molecule has 0 aliphatic carbocycles. The molecule has 6 heteroatoms. The zero-order valence-electron chi connectivity index (χ0n) is 17.0. The Morgan fingerprint density at radius 1 is 1.00 bits per heavy atom. The fraction of sp³-hybridized carbons (Fsp3) is 0.120. The smallest absolute Gasteiger partial charge is 0.284 e. The van der Waals surface area contributed by atoms with Crippen molar-refractivity contribution in [2.45, 2.75) is 6.10 Å². The summed E-state index contributed by atoms with van der Waals surface area (Å²) in [6.45, 7) is 0.141. The molecule has 0 spiro atoms. The molecule has 4 aromatic rings. The molecule has 0 saturated heterocycles. The fourth-order valence-corrected chi connectivity index (χ4v) is 3.88. The van der Waals surface area contributed by atoms with Gasteiger partial charge < -0.3 is 14.0 Å². The monoisotopic (exact) mass is 411 g/mol. The predicted molar refractivity (Wildman–Crippen MR) is 120 cm³/mol. The molecule has 1 aromatic heterocycles. The summed E-state index contributed by atoms with van der Waals surface area (Å²) in [7, 11) is 2.03. The molecule has 0 saturated carbocycles. The summed E-state index contributed by atoms with van der Waals surface area (Å²) in [5, 5.41) is 5.31. The first-order valence-corrected chi connectivity index (χ1v) is 10.1. The number of para-hydroxylation sites is 3. The molecule has 1 unspecified atom stereocenters. The Labute approximate surface area is 179 Å². The minimum Gasteiger partial charge on any atom is -0.485 e. The second-order valence-corrected chi connectivity index (χ2v) is 7.30. The van der Waals surface area contributed by atoms with E-state index in [1.807, 2.05) is 55.6 Å². The molecule has 1 amide bonds. The third-order valence-corrected chi connectivity index (χ3v) is 5.36. The number of aromatic nitrogens is 1. The summed E-state index contributed by atoms with van der Waals surface area (Å²) in [6.07, 6.45) is 0.938. The Balaban J connectivity index is 1.41. The summed E-state index contributed by atoms with van der Waals surface area (Å²) in [5.41, 5.74) is 6.75. The van der Waals surface area contributed by atoms with E-state index in [9.17, 15) is 4.79 Å². The van der Waals surface area contributed by atoms with Crippen molar-refractivity contribution in [3.63, 3.8) is 0 Å². The lowest BCUT2D eigenvalue weighted by atomic mass is 10.1. The summed E-state index contributed by atoms with van der Waals surface area (Å²) in [6, 6.07) is 25.6. The Kier molecular flexibility index (Phi) is 4.88. The predicted octanol–water partition coefficient (Wildman–Crippen LogP) is 4.14. The number of ether oxygens (including phenoxy) is 2. The number of hydrogen-bond acceptors (Lipinski definition) is 4. The van der Waals surface area contributed by atoms with Crippen LogP contribution in [0.1, 0.15) is 5.56 Å². The van der Waals surface area contributed by atoms with Gasteiger partial charge in [-0.3, -0.25) is 4.79 Å². The molecule has 5 rings (SSSR count). The standard InChI is InChI=1S/C25H21N3O3/c1-28-20-12-6-5-11-18(20)19(24(28)17-9-3-2-4-10-17)15-26-27-25(29)23-16-30-21-13-7-8-14-22(21)31-23/h2-15,23H,16H2,1H3,(H,27,29). The number of carbonyl (C=O) groups is 1. The van der Waals surface area contributed by atoms with Crippen LogP contribution in [0.2, 0.25) is 0 Å². The number of nitrogens with zero attached hydrogens (tertiary/aromatic N) is 2. The van der Waals surface area contributed by atoms with Crippen molar-refractivity contribution in [3.8, 4) is 22.8 Å². The van der Waals surface area contributed by atoms with E-state index in [4.69, 9.17) is 9.47 Å². The number of fused-ring (bicyclic) bond motifs is 2. The zero-order chi connectivity index (χ0) is 21.2. The maximum Gasteiger partial charge on any atom is 0.284 e. The van der Waals surface area contributed by atoms with Gasteiger partial charge in [-0.1, -0.05) is 60.7 Å². The molecule has 0 fully saturated rings. The number of hydrogen-bond donors (Lipinski definition) is 1. The zero-order valence-corrected chi connectivity index (χ0v) is 17.0. The summed E-state index contributed by atoms with van der Waals surface area (Å²) in [5.74, 6) is 0.837. The quantitative estimate of drug-likeness (QED) is 0.406. The van der Waals surface area contributed by atoms with Crippen molar-refractivity contribution in [2.75, 3.05) is 6.61 Å². The van der Waals surface area contributed by atoms with E-state index in [-0.39, 0.29) is 12.5 Å². The van der Waals surface area contributed by atoms with Gasteiger partial charge in [-0.15, -0.1) is 0 Å².